The van der Waals surface area contributed by atoms with E-state index >= 15 is 0 Å². The van der Waals surface area contributed by atoms with E-state index in [0.717, 1.165) is 29.7 Å². The van der Waals surface area contributed by atoms with Gasteiger partial charge in [0.1, 0.15) is 5.75 Å². The summed E-state index contributed by atoms with van der Waals surface area (Å²) in [5.74, 6) is 0.904. The number of nitrogens with one attached hydrogen (secondary N) is 1. The Kier molecular flexibility index (Phi) is 3.24. The van der Waals surface area contributed by atoms with Gasteiger partial charge < -0.3 is 20.3 Å². The van der Waals surface area contributed by atoms with Crippen molar-refractivity contribution in [3.05, 3.63) is 53.1 Å². The van der Waals surface area contributed by atoms with E-state index in [-0.39, 0.29) is 11.8 Å². The Balaban J connectivity index is 2.04. The molecule has 3 N–H and O–H groups in total. The molecule has 20 heavy (non-hydrogen) atoms. The molecule has 2 aromatic carbocycles. The minimum Gasteiger partial charge on any atom is -0.508 e. The van der Waals surface area contributed by atoms with Crippen LogP contribution in [0.3, 0.4) is 0 Å². The first-order chi connectivity index (χ1) is 9.69. The molecular weight excluding hydrogens is 254 g/mol. The van der Waals surface area contributed by atoms with Crippen LogP contribution in [-0.2, 0) is 6.42 Å². The molecule has 3 rings (SSSR count). The summed E-state index contributed by atoms with van der Waals surface area (Å²) in [7, 11) is 1.54. The largest absolute Gasteiger partial charge is 0.508 e. The Bertz CT molecular complexity index is 640. The Labute approximate surface area is 117 Å². The Hall–Kier alpha value is -2.20. The monoisotopic (exact) mass is 271 g/mol. The molecule has 0 saturated heterocycles. The lowest BCUT2D eigenvalue weighted by molar-refractivity contribution is 0.372. The van der Waals surface area contributed by atoms with Crippen LogP contribution in [0, 0.1) is 0 Å². The number of hydrogen-bond donors (Lipinski definition) is 3. The lowest BCUT2D eigenvalue weighted by Crippen LogP contribution is -2.30. The van der Waals surface area contributed by atoms with Gasteiger partial charge in [-0.25, -0.2) is 0 Å². The molecule has 0 aromatic heterocycles. The van der Waals surface area contributed by atoms with E-state index in [4.69, 9.17) is 4.74 Å². The van der Waals surface area contributed by atoms with Crippen molar-refractivity contribution < 1.29 is 14.9 Å². The molecule has 1 unspecified atom stereocenters. The van der Waals surface area contributed by atoms with E-state index in [2.05, 4.69) is 5.32 Å². The van der Waals surface area contributed by atoms with Crippen LogP contribution in [0.2, 0.25) is 0 Å². The average molecular weight is 271 g/mol. The first kappa shape index (κ1) is 12.8. The van der Waals surface area contributed by atoms with E-state index < -0.39 is 0 Å². The van der Waals surface area contributed by atoms with Gasteiger partial charge in [0, 0.05) is 6.54 Å². The maximum Gasteiger partial charge on any atom is 0.160 e. The molecule has 0 aliphatic carbocycles. The second-order valence-electron chi connectivity index (χ2n) is 4.95. The van der Waals surface area contributed by atoms with Crippen LogP contribution in [0.15, 0.2) is 36.4 Å². The van der Waals surface area contributed by atoms with Crippen LogP contribution in [0.5, 0.6) is 17.2 Å². The molecule has 0 fully saturated rings. The zero-order valence-corrected chi connectivity index (χ0v) is 11.3. The maximum absolute atomic E-state index is 9.69. The molecule has 0 bridgehead atoms. The Morgan fingerprint density at radius 3 is 2.80 bits per heavy atom. The van der Waals surface area contributed by atoms with Gasteiger partial charge in [-0.15, -0.1) is 0 Å². The van der Waals surface area contributed by atoms with Crippen LogP contribution in [-0.4, -0.2) is 23.9 Å². The average Bonchev–Trinajstić information content (AvgIpc) is 2.47. The highest BCUT2D eigenvalue weighted by atomic mass is 16.5. The summed E-state index contributed by atoms with van der Waals surface area (Å²) in [4.78, 5) is 0. The van der Waals surface area contributed by atoms with Crippen molar-refractivity contribution in [2.45, 2.75) is 12.5 Å². The zero-order chi connectivity index (χ0) is 14.1. The number of benzene rings is 2. The molecule has 1 heterocycles. The lowest BCUT2D eigenvalue weighted by atomic mass is 9.89. The van der Waals surface area contributed by atoms with Gasteiger partial charge in [-0.05, 0) is 47.4 Å². The Morgan fingerprint density at radius 1 is 1.15 bits per heavy atom. The van der Waals surface area contributed by atoms with Crippen LogP contribution in [0.4, 0.5) is 0 Å². The fourth-order valence-corrected chi connectivity index (χ4v) is 2.72. The smallest absolute Gasteiger partial charge is 0.160 e. The van der Waals surface area contributed by atoms with Crippen molar-refractivity contribution in [2.24, 2.45) is 0 Å². The summed E-state index contributed by atoms with van der Waals surface area (Å²) in [5, 5.41) is 22.7. The molecule has 4 nitrogen and oxygen atoms in total. The van der Waals surface area contributed by atoms with Crippen LogP contribution < -0.4 is 10.1 Å². The first-order valence-corrected chi connectivity index (χ1v) is 6.61. The first-order valence-electron chi connectivity index (χ1n) is 6.61. The molecular formula is C16H17NO3. The van der Waals surface area contributed by atoms with Gasteiger partial charge in [-0.3, -0.25) is 0 Å². The van der Waals surface area contributed by atoms with E-state index in [9.17, 15) is 10.2 Å². The fraction of sp³-hybridized carbons (Fsp3) is 0.250. The van der Waals surface area contributed by atoms with Crippen LogP contribution in [0.1, 0.15) is 22.7 Å². The predicted molar refractivity (Wildman–Crippen MR) is 76.3 cm³/mol. The lowest BCUT2D eigenvalue weighted by Gasteiger charge is -2.27. The minimum atomic E-state index is 0.0499. The second kappa shape index (κ2) is 5.06. The molecule has 1 aliphatic rings. The van der Waals surface area contributed by atoms with Crippen molar-refractivity contribution in [1.29, 1.82) is 0 Å². The van der Waals surface area contributed by atoms with E-state index in [1.165, 1.54) is 0 Å². The van der Waals surface area contributed by atoms with Gasteiger partial charge in [0.2, 0.25) is 0 Å². The van der Waals surface area contributed by atoms with E-state index in [1.807, 2.05) is 24.3 Å². The summed E-state index contributed by atoms with van der Waals surface area (Å²) in [5.41, 5.74) is 3.34. The van der Waals surface area contributed by atoms with Crippen LogP contribution in [0.25, 0.3) is 0 Å². The SMILES string of the molecule is COc1cc(C2NCCc3cc(O)ccc32)ccc1O. The predicted octanol–water partition coefficient (Wildman–Crippen LogP) is 2.34. The summed E-state index contributed by atoms with van der Waals surface area (Å²) < 4.78 is 5.17. The molecule has 0 saturated carbocycles. The highest BCUT2D eigenvalue weighted by molar-refractivity contribution is 5.48. The quantitative estimate of drug-likeness (QED) is 0.784. The number of methoxy groups -OCH3 is 1. The zero-order valence-electron chi connectivity index (χ0n) is 11.3. The van der Waals surface area contributed by atoms with E-state index in [0.29, 0.717) is 11.5 Å². The molecule has 1 atom stereocenters. The second-order valence-corrected chi connectivity index (χ2v) is 4.95. The minimum absolute atomic E-state index is 0.0499. The number of aromatic hydroxyl groups is 2. The molecule has 0 amide bonds. The Morgan fingerprint density at radius 2 is 2.00 bits per heavy atom. The summed E-state index contributed by atoms with van der Waals surface area (Å²) in [6.07, 6.45) is 0.898. The molecule has 104 valence electrons. The molecule has 4 heteroatoms. The summed E-state index contributed by atoms with van der Waals surface area (Å²) in [6.45, 7) is 0.851. The molecule has 2 aromatic rings. The standard InChI is InChI=1S/C16H17NO3/c1-20-15-9-11(2-5-14(15)19)16-13-4-3-12(18)8-10(13)6-7-17-16/h2-5,8-9,16-19H,6-7H2,1H3. The van der Waals surface area contributed by atoms with Gasteiger partial charge in [0.25, 0.3) is 0 Å². The third-order valence-electron chi connectivity index (χ3n) is 3.72. The van der Waals surface area contributed by atoms with Crippen molar-refractivity contribution in [3.63, 3.8) is 0 Å². The van der Waals surface area contributed by atoms with Crippen molar-refractivity contribution >= 4 is 0 Å². The van der Waals surface area contributed by atoms with Gasteiger partial charge in [-0.1, -0.05) is 12.1 Å². The van der Waals surface area contributed by atoms with Gasteiger partial charge in [0.05, 0.1) is 13.2 Å². The van der Waals surface area contributed by atoms with Gasteiger partial charge in [0.15, 0.2) is 11.5 Å². The molecule has 1 aliphatic heterocycles. The summed E-state index contributed by atoms with van der Waals surface area (Å²) >= 11 is 0. The number of rotatable bonds is 2. The fourth-order valence-electron chi connectivity index (χ4n) is 2.72. The molecule has 0 radical (unpaired) electrons. The van der Waals surface area contributed by atoms with E-state index in [1.54, 1.807) is 19.2 Å². The van der Waals surface area contributed by atoms with Gasteiger partial charge in [-0.2, -0.15) is 0 Å². The van der Waals surface area contributed by atoms with Crippen LogP contribution >= 0.6 is 0 Å². The third kappa shape index (κ3) is 2.18. The number of phenolic OH excluding ortho intramolecular Hbond substituents is 2. The summed E-state index contributed by atoms with van der Waals surface area (Å²) in [6, 6.07) is 10.9. The third-order valence-corrected chi connectivity index (χ3v) is 3.72. The number of phenols is 2. The number of ether oxygens (including phenoxy) is 1. The highest BCUT2D eigenvalue weighted by Gasteiger charge is 2.22. The van der Waals surface area contributed by atoms with Gasteiger partial charge >= 0.3 is 0 Å². The topological polar surface area (TPSA) is 61.7 Å². The maximum atomic E-state index is 9.69. The number of hydrogen-bond acceptors (Lipinski definition) is 4. The normalized spacial score (nSPS) is 17.6. The molecule has 0 spiro atoms. The van der Waals surface area contributed by atoms with Crippen molar-refractivity contribution in [1.82, 2.24) is 5.32 Å². The highest BCUT2D eigenvalue weighted by Crippen LogP contribution is 2.35. The van der Waals surface area contributed by atoms with Crippen molar-refractivity contribution in [3.8, 4) is 17.2 Å². The van der Waals surface area contributed by atoms with Crippen molar-refractivity contribution in [2.75, 3.05) is 13.7 Å². The number of fused-ring (bicyclic) bond motifs is 1.